The fourth-order valence-corrected chi connectivity index (χ4v) is 4.90. The Morgan fingerprint density at radius 1 is 0.837 bits per heavy atom. The molecule has 4 aromatic carbocycles. The van der Waals surface area contributed by atoms with Crippen LogP contribution in [0.2, 0.25) is 0 Å². The largest absolute Gasteiger partial charge is 0.487 e. The number of aliphatic hydroxyl groups excluding tert-OH is 1. The maximum atomic E-state index is 14.7. The summed E-state index contributed by atoms with van der Waals surface area (Å²) < 4.78 is 40.7. The predicted octanol–water partition coefficient (Wildman–Crippen LogP) is 6.53. The first-order valence-electron chi connectivity index (χ1n) is 14.2. The number of hydrogen-bond acceptors (Lipinski definition) is 5. The number of aromatic amines is 1. The predicted molar refractivity (Wildman–Crippen MR) is 164 cm³/mol. The van der Waals surface area contributed by atoms with E-state index >= 15 is 0 Å². The number of para-hydroxylation sites is 1. The molecule has 0 radical (unpaired) electrons. The molecular formula is C35H34F2N2O4. The van der Waals surface area contributed by atoms with Crippen LogP contribution in [-0.4, -0.2) is 29.3 Å². The van der Waals surface area contributed by atoms with E-state index in [-0.39, 0.29) is 23.7 Å². The molecule has 0 amide bonds. The smallest absolute Gasteiger partial charge is 0.306 e. The first-order valence-corrected chi connectivity index (χ1v) is 14.2. The molecule has 5 aromatic rings. The van der Waals surface area contributed by atoms with E-state index in [1.54, 1.807) is 60.7 Å². The van der Waals surface area contributed by atoms with Crippen LogP contribution in [-0.2, 0) is 19.0 Å². The van der Waals surface area contributed by atoms with Crippen molar-refractivity contribution in [2.75, 3.05) is 13.2 Å². The molecule has 2 atom stereocenters. The number of H-pyrrole nitrogens is 1. The minimum Gasteiger partial charge on any atom is -0.487 e. The van der Waals surface area contributed by atoms with Crippen LogP contribution in [0, 0.1) is 0 Å². The number of aromatic nitrogens is 1. The van der Waals surface area contributed by atoms with Crippen LogP contribution in [0.5, 0.6) is 11.5 Å². The molecule has 0 aliphatic rings. The van der Waals surface area contributed by atoms with E-state index in [4.69, 9.17) is 9.47 Å². The molecule has 6 nitrogen and oxygen atoms in total. The number of rotatable bonds is 13. The van der Waals surface area contributed by atoms with Gasteiger partial charge in [-0.3, -0.25) is 4.79 Å². The molecule has 0 unspecified atom stereocenters. The molecule has 0 aliphatic carbocycles. The van der Waals surface area contributed by atoms with Gasteiger partial charge in [0.25, 0.3) is 0 Å². The van der Waals surface area contributed by atoms with Gasteiger partial charge in [-0.25, -0.2) is 0 Å². The fourth-order valence-electron chi connectivity index (χ4n) is 4.90. The number of pyridine rings is 1. The van der Waals surface area contributed by atoms with Crippen LogP contribution >= 0.6 is 0 Å². The highest BCUT2D eigenvalue weighted by molar-refractivity contribution is 5.87. The first-order chi connectivity index (χ1) is 20.8. The Kier molecular flexibility index (Phi) is 9.49. The van der Waals surface area contributed by atoms with Crippen molar-refractivity contribution in [3.63, 3.8) is 0 Å². The van der Waals surface area contributed by atoms with Gasteiger partial charge in [0.2, 0.25) is 5.56 Å². The maximum absolute atomic E-state index is 14.7. The third kappa shape index (κ3) is 7.85. The average Bonchev–Trinajstić information content (AvgIpc) is 3.03. The van der Waals surface area contributed by atoms with Gasteiger partial charge in [-0.05, 0) is 54.3 Å². The van der Waals surface area contributed by atoms with Crippen molar-refractivity contribution in [3.05, 3.63) is 142 Å². The molecule has 8 heteroatoms. The van der Waals surface area contributed by atoms with Crippen LogP contribution in [0.25, 0.3) is 10.9 Å². The van der Waals surface area contributed by atoms with Crippen LogP contribution in [0.4, 0.5) is 8.78 Å². The third-order valence-electron chi connectivity index (χ3n) is 7.23. The number of halogens is 2. The lowest BCUT2D eigenvalue weighted by Gasteiger charge is -2.20. The summed E-state index contributed by atoms with van der Waals surface area (Å²) in [4.78, 5) is 15.0. The van der Waals surface area contributed by atoms with Gasteiger partial charge in [0, 0.05) is 29.6 Å². The normalized spacial score (nSPS) is 13.0. The van der Waals surface area contributed by atoms with Gasteiger partial charge in [-0.15, -0.1) is 0 Å². The lowest BCUT2D eigenvalue weighted by atomic mass is 10.0. The molecule has 0 bridgehead atoms. The SMILES string of the molecule is C[C@@H](Cc1ccc(C(F)(F)COc2ccccc2)cc1)NC[C@H](O)c1ccc(OCc2ccccc2)c2[nH]c(=O)ccc12. The van der Waals surface area contributed by atoms with Crippen LogP contribution in [0.3, 0.4) is 0 Å². The molecule has 222 valence electrons. The average molecular weight is 585 g/mol. The van der Waals surface area contributed by atoms with E-state index in [9.17, 15) is 18.7 Å². The van der Waals surface area contributed by atoms with Gasteiger partial charge in [-0.2, -0.15) is 8.78 Å². The van der Waals surface area contributed by atoms with Crippen molar-refractivity contribution in [1.29, 1.82) is 0 Å². The number of alkyl halides is 2. The van der Waals surface area contributed by atoms with Crippen LogP contribution in [0.15, 0.2) is 114 Å². The zero-order valence-electron chi connectivity index (χ0n) is 23.8. The van der Waals surface area contributed by atoms with Crippen molar-refractivity contribution in [2.24, 2.45) is 0 Å². The maximum Gasteiger partial charge on any atom is 0.306 e. The van der Waals surface area contributed by atoms with Gasteiger partial charge in [0.05, 0.1) is 11.6 Å². The second-order valence-electron chi connectivity index (χ2n) is 10.6. The highest BCUT2D eigenvalue weighted by Gasteiger charge is 2.32. The number of benzene rings is 4. The molecule has 0 saturated heterocycles. The molecule has 43 heavy (non-hydrogen) atoms. The summed E-state index contributed by atoms with van der Waals surface area (Å²) in [6, 6.07) is 31.2. The van der Waals surface area contributed by atoms with E-state index in [1.807, 2.05) is 37.3 Å². The monoisotopic (exact) mass is 584 g/mol. The molecular weight excluding hydrogens is 550 g/mol. The summed E-state index contributed by atoms with van der Waals surface area (Å²) in [5, 5.41) is 15.1. The van der Waals surface area contributed by atoms with Crippen molar-refractivity contribution in [3.8, 4) is 11.5 Å². The minimum absolute atomic E-state index is 0.0398. The second kappa shape index (κ2) is 13.6. The Hall–Kier alpha value is -4.53. The second-order valence-corrected chi connectivity index (χ2v) is 10.6. The van der Waals surface area contributed by atoms with E-state index < -0.39 is 18.6 Å². The van der Waals surface area contributed by atoms with Crippen LogP contribution < -0.4 is 20.3 Å². The summed E-state index contributed by atoms with van der Waals surface area (Å²) in [5.74, 6) is -2.21. The van der Waals surface area contributed by atoms with Gasteiger partial charge in [-0.1, -0.05) is 78.9 Å². The molecule has 0 spiro atoms. The summed E-state index contributed by atoms with van der Waals surface area (Å²) in [6.45, 7) is 1.83. The summed E-state index contributed by atoms with van der Waals surface area (Å²) in [5.41, 5.74) is 2.70. The van der Waals surface area contributed by atoms with Gasteiger partial charge in [0.15, 0.2) is 6.61 Å². The highest BCUT2D eigenvalue weighted by atomic mass is 19.3. The van der Waals surface area contributed by atoms with Gasteiger partial charge in [0.1, 0.15) is 18.1 Å². The van der Waals surface area contributed by atoms with E-state index in [0.29, 0.717) is 41.0 Å². The third-order valence-corrected chi connectivity index (χ3v) is 7.23. The topological polar surface area (TPSA) is 83.6 Å². The molecule has 1 heterocycles. The zero-order valence-corrected chi connectivity index (χ0v) is 23.8. The van der Waals surface area contributed by atoms with Crippen molar-refractivity contribution in [1.82, 2.24) is 10.3 Å². The number of hydrogen-bond donors (Lipinski definition) is 3. The molecule has 1 aromatic heterocycles. The quantitative estimate of drug-likeness (QED) is 0.147. The lowest BCUT2D eigenvalue weighted by molar-refractivity contribution is -0.0467. The van der Waals surface area contributed by atoms with E-state index in [2.05, 4.69) is 10.3 Å². The molecule has 3 N–H and O–H groups in total. The van der Waals surface area contributed by atoms with Crippen molar-refractivity contribution >= 4 is 10.9 Å². The van der Waals surface area contributed by atoms with Crippen molar-refractivity contribution < 1.29 is 23.4 Å². The summed E-state index contributed by atoms with van der Waals surface area (Å²) in [6.07, 6.45) is -0.274. The zero-order chi connectivity index (χ0) is 30.2. The summed E-state index contributed by atoms with van der Waals surface area (Å²) >= 11 is 0. The van der Waals surface area contributed by atoms with Gasteiger partial charge >= 0.3 is 5.92 Å². The Bertz CT molecular complexity index is 1680. The lowest BCUT2D eigenvalue weighted by Crippen LogP contribution is -2.32. The Morgan fingerprint density at radius 3 is 2.26 bits per heavy atom. The number of ether oxygens (including phenoxy) is 2. The van der Waals surface area contributed by atoms with Crippen LogP contribution in [0.1, 0.15) is 35.3 Å². The van der Waals surface area contributed by atoms with Gasteiger partial charge < -0.3 is 24.9 Å². The van der Waals surface area contributed by atoms with E-state index in [1.165, 1.54) is 18.2 Å². The molecule has 0 saturated carbocycles. The summed E-state index contributed by atoms with van der Waals surface area (Å²) in [7, 11) is 0. The number of aliphatic hydroxyl groups is 1. The van der Waals surface area contributed by atoms with E-state index in [0.717, 1.165) is 11.1 Å². The highest BCUT2D eigenvalue weighted by Crippen LogP contribution is 2.31. The van der Waals surface area contributed by atoms with Crippen molar-refractivity contribution in [2.45, 2.75) is 38.0 Å². The Balaban J connectivity index is 1.18. The molecule has 0 aliphatic heterocycles. The number of nitrogens with one attached hydrogen (secondary N) is 2. The fraction of sp³-hybridized carbons (Fsp3) is 0.229. The Labute approximate surface area is 248 Å². The number of fused-ring (bicyclic) bond motifs is 1. The molecule has 5 rings (SSSR count). The first kappa shape index (κ1) is 29.9. The Morgan fingerprint density at radius 2 is 1.53 bits per heavy atom. The minimum atomic E-state index is -3.13. The molecule has 0 fully saturated rings. The standard InChI is InChI=1S/C35H34F2N2O4/c1-24(20-25-12-14-27(15-13-25)35(36,37)23-43-28-10-6-3-7-11-28)38-21-31(40)29-16-18-32(34-30(29)17-19-33(41)39-34)42-22-26-8-4-2-5-9-26/h2-19,24,31,38,40H,20-23H2,1H3,(H,39,41)/t24-,31-/m0/s1.